The molecule has 2 N–H and O–H groups in total. The van der Waals surface area contributed by atoms with E-state index in [4.69, 9.17) is 11.2 Å². The van der Waals surface area contributed by atoms with E-state index in [1.807, 2.05) is 26.8 Å². The Labute approximate surface area is 209 Å². The molecule has 190 valence electrons. The lowest BCUT2D eigenvalue weighted by atomic mass is 9.98. The van der Waals surface area contributed by atoms with Crippen molar-refractivity contribution in [3.63, 3.8) is 0 Å². The van der Waals surface area contributed by atoms with Crippen LogP contribution in [0.25, 0.3) is 0 Å². The number of ether oxygens (including phenoxy) is 1. The van der Waals surface area contributed by atoms with E-state index >= 15 is 0 Å². The van der Waals surface area contributed by atoms with Gasteiger partial charge in [0.2, 0.25) is 11.8 Å². The van der Waals surface area contributed by atoms with Crippen molar-refractivity contribution < 1.29 is 19.1 Å². The molecule has 0 radical (unpaired) electrons. The predicted octanol–water partition coefficient (Wildman–Crippen LogP) is 3.92. The fraction of sp³-hybridized carbons (Fsp3) is 0.556. The Morgan fingerprint density at radius 2 is 1.80 bits per heavy atom. The lowest BCUT2D eigenvalue weighted by Gasteiger charge is -2.33. The predicted molar refractivity (Wildman–Crippen MR) is 135 cm³/mol. The zero-order chi connectivity index (χ0) is 26.6. The van der Waals surface area contributed by atoms with Gasteiger partial charge in [-0.25, -0.2) is 4.79 Å². The van der Waals surface area contributed by atoms with Crippen LogP contribution in [0.1, 0.15) is 78.0 Å². The van der Waals surface area contributed by atoms with E-state index in [1.54, 1.807) is 45.0 Å². The molecule has 2 unspecified atom stereocenters. The van der Waals surface area contributed by atoms with E-state index in [2.05, 4.69) is 16.6 Å². The molecule has 1 rings (SSSR count). The summed E-state index contributed by atoms with van der Waals surface area (Å²) in [6.07, 6.45) is 6.69. The molecule has 0 aliphatic heterocycles. The van der Waals surface area contributed by atoms with Crippen molar-refractivity contribution in [2.75, 3.05) is 13.1 Å². The Morgan fingerprint density at radius 3 is 2.29 bits per heavy atom. The van der Waals surface area contributed by atoms with E-state index in [0.29, 0.717) is 24.1 Å². The zero-order valence-corrected chi connectivity index (χ0v) is 21.7. The summed E-state index contributed by atoms with van der Waals surface area (Å²) in [6, 6.07) is 6.66. The van der Waals surface area contributed by atoms with Crippen LogP contribution in [0.5, 0.6) is 0 Å². The lowest BCUT2D eigenvalue weighted by molar-refractivity contribution is -0.142. The van der Waals surface area contributed by atoms with Gasteiger partial charge in [0.1, 0.15) is 24.2 Å². The molecule has 0 aromatic heterocycles. The van der Waals surface area contributed by atoms with Crippen LogP contribution < -0.4 is 10.6 Å². The van der Waals surface area contributed by atoms with Gasteiger partial charge in [-0.3, -0.25) is 9.59 Å². The standard InChI is InChI=1S/C27H38N4O4/c1-8-10-16-29-24(32)23(21-13-11-20(9-2)12-14-21)31(17-15-28)25(33)22(18-19(3)4)30-26(34)35-27(5,6)7/h2,11-14,19,22-23H,8,10,16-18H2,1,3-7H3,(H,29,32)(H,30,34). The van der Waals surface area contributed by atoms with Gasteiger partial charge >= 0.3 is 6.09 Å². The maximum absolute atomic E-state index is 13.7. The Hall–Kier alpha value is -3.52. The third kappa shape index (κ3) is 10.1. The number of nitrogens with zero attached hydrogens (tertiary/aromatic N) is 2. The van der Waals surface area contributed by atoms with Crippen LogP contribution in [0.15, 0.2) is 24.3 Å². The van der Waals surface area contributed by atoms with E-state index in [0.717, 1.165) is 12.8 Å². The van der Waals surface area contributed by atoms with Crippen molar-refractivity contribution in [2.45, 2.75) is 78.5 Å². The topological polar surface area (TPSA) is 112 Å². The molecule has 3 amide bonds. The van der Waals surface area contributed by atoms with Crippen LogP contribution in [0.3, 0.4) is 0 Å². The summed E-state index contributed by atoms with van der Waals surface area (Å²) in [5.74, 6) is 1.63. The van der Waals surface area contributed by atoms with Gasteiger partial charge in [-0.05, 0) is 57.2 Å². The number of rotatable bonds is 11. The third-order valence-corrected chi connectivity index (χ3v) is 5.00. The normalized spacial score (nSPS) is 12.6. The van der Waals surface area contributed by atoms with Crippen LogP contribution in [-0.2, 0) is 14.3 Å². The molecule has 35 heavy (non-hydrogen) atoms. The quantitative estimate of drug-likeness (QED) is 0.282. The molecular weight excluding hydrogens is 444 g/mol. The number of alkyl carbamates (subject to hydrolysis) is 1. The highest BCUT2D eigenvalue weighted by Crippen LogP contribution is 2.24. The highest BCUT2D eigenvalue weighted by Gasteiger charge is 2.36. The largest absolute Gasteiger partial charge is 0.444 e. The monoisotopic (exact) mass is 482 g/mol. The number of terminal acetylenes is 1. The average molecular weight is 483 g/mol. The number of carbonyl (C=O) groups excluding carboxylic acids is 3. The third-order valence-electron chi connectivity index (χ3n) is 5.00. The number of nitriles is 1. The summed E-state index contributed by atoms with van der Waals surface area (Å²) < 4.78 is 5.34. The Kier molecular flexibility index (Phi) is 11.8. The Bertz CT molecular complexity index is 936. The van der Waals surface area contributed by atoms with Crippen molar-refractivity contribution in [2.24, 2.45) is 5.92 Å². The molecule has 1 aromatic carbocycles. The van der Waals surface area contributed by atoms with Crippen LogP contribution in [-0.4, -0.2) is 47.5 Å². The molecule has 0 heterocycles. The maximum Gasteiger partial charge on any atom is 0.408 e. The molecule has 0 bridgehead atoms. The van der Waals surface area contributed by atoms with Crippen molar-refractivity contribution in [3.8, 4) is 18.4 Å². The van der Waals surface area contributed by atoms with Gasteiger partial charge in [0.05, 0.1) is 6.07 Å². The zero-order valence-electron chi connectivity index (χ0n) is 21.7. The number of carbonyl (C=O) groups is 3. The highest BCUT2D eigenvalue weighted by molar-refractivity contribution is 5.92. The first-order valence-electron chi connectivity index (χ1n) is 11.9. The molecule has 0 fully saturated rings. The molecule has 0 saturated carbocycles. The van der Waals surface area contributed by atoms with Crippen LogP contribution >= 0.6 is 0 Å². The minimum absolute atomic E-state index is 0.0505. The van der Waals surface area contributed by atoms with E-state index in [9.17, 15) is 19.6 Å². The molecule has 0 aliphatic carbocycles. The SMILES string of the molecule is C#Cc1ccc(C(C(=O)NCCCC)N(CC#N)C(=O)C(CC(C)C)NC(=O)OC(C)(C)C)cc1. The highest BCUT2D eigenvalue weighted by atomic mass is 16.6. The van der Waals surface area contributed by atoms with Gasteiger partial charge in [0, 0.05) is 12.1 Å². The van der Waals surface area contributed by atoms with Crippen LogP contribution in [0.2, 0.25) is 0 Å². The van der Waals surface area contributed by atoms with Gasteiger partial charge in [0.15, 0.2) is 0 Å². The van der Waals surface area contributed by atoms with E-state index < -0.39 is 35.6 Å². The van der Waals surface area contributed by atoms with Gasteiger partial charge < -0.3 is 20.3 Å². The number of hydrogen-bond donors (Lipinski definition) is 2. The number of benzene rings is 1. The summed E-state index contributed by atoms with van der Waals surface area (Å²) >= 11 is 0. The summed E-state index contributed by atoms with van der Waals surface area (Å²) in [5, 5.41) is 15.0. The molecular formula is C27H38N4O4. The second-order valence-corrected chi connectivity index (χ2v) is 9.77. The van der Waals surface area contributed by atoms with Crippen molar-refractivity contribution in [1.29, 1.82) is 5.26 Å². The van der Waals surface area contributed by atoms with Crippen molar-refractivity contribution in [3.05, 3.63) is 35.4 Å². The van der Waals surface area contributed by atoms with Gasteiger partial charge in [-0.1, -0.05) is 45.2 Å². The van der Waals surface area contributed by atoms with Crippen LogP contribution in [0, 0.1) is 29.6 Å². The number of amides is 3. The first-order chi connectivity index (χ1) is 16.4. The minimum Gasteiger partial charge on any atom is -0.444 e. The summed E-state index contributed by atoms with van der Waals surface area (Å²) in [4.78, 5) is 40.7. The number of hydrogen-bond acceptors (Lipinski definition) is 5. The average Bonchev–Trinajstić information content (AvgIpc) is 2.77. The maximum atomic E-state index is 13.7. The Morgan fingerprint density at radius 1 is 1.17 bits per heavy atom. The fourth-order valence-corrected chi connectivity index (χ4v) is 3.44. The van der Waals surface area contributed by atoms with Crippen molar-refractivity contribution >= 4 is 17.9 Å². The fourth-order valence-electron chi connectivity index (χ4n) is 3.44. The van der Waals surface area contributed by atoms with Gasteiger partial charge in [-0.2, -0.15) is 5.26 Å². The first-order valence-corrected chi connectivity index (χ1v) is 11.9. The number of unbranched alkanes of at least 4 members (excludes halogenated alkanes) is 1. The second-order valence-electron chi connectivity index (χ2n) is 9.77. The van der Waals surface area contributed by atoms with E-state index in [1.165, 1.54) is 4.90 Å². The van der Waals surface area contributed by atoms with Crippen molar-refractivity contribution in [1.82, 2.24) is 15.5 Å². The lowest BCUT2D eigenvalue weighted by Crippen LogP contribution is -2.53. The van der Waals surface area contributed by atoms with Crippen LogP contribution in [0.4, 0.5) is 4.79 Å². The molecule has 8 heteroatoms. The molecule has 1 aromatic rings. The second kappa shape index (κ2) is 14.0. The molecule has 2 atom stereocenters. The van der Waals surface area contributed by atoms with Gasteiger partial charge in [-0.15, -0.1) is 6.42 Å². The first kappa shape index (κ1) is 29.5. The summed E-state index contributed by atoms with van der Waals surface area (Å²) in [5.41, 5.74) is 0.394. The minimum atomic E-state index is -1.07. The molecule has 8 nitrogen and oxygen atoms in total. The molecule has 0 spiro atoms. The Balaban J connectivity index is 3.41. The molecule has 0 saturated heterocycles. The smallest absolute Gasteiger partial charge is 0.408 e. The summed E-state index contributed by atoms with van der Waals surface area (Å²) in [6.45, 7) is 11.1. The van der Waals surface area contributed by atoms with Gasteiger partial charge in [0.25, 0.3) is 0 Å². The summed E-state index contributed by atoms with van der Waals surface area (Å²) in [7, 11) is 0. The van der Waals surface area contributed by atoms with E-state index in [-0.39, 0.29) is 12.5 Å². The molecule has 0 aliphatic rings. The number of nitrogens with one attached hydrogen (secondary N) is 2.